The van der Waals surface area contributed by atoms with Crippen molar-refractivity contribution in [2.24, 2.45) is 0 Å². The van der Waals surface area contributed by atoms with E-state index in [1.54, 1.807) is 0 Å². The highest BCUT2D eigenvalue weighted by molar-refractivity contribution is 5.70. The minimum absolute atomic E-state index is 0.145. The summed E-state index contributed by atoms with van der Waals surface area (Å²) in [5.74, 6) is -2.31. The maximum atomic E-state index is 12.7. The normalized spacial score (nSPS) is 13.5. The molecule has 0 N–H and O–H groups in total. The molecule has 0 aliphatic rings. The molecular formula is C44H77NO8. The average Bonchev–Trinajstić information content (AvgIpc) is 3.11. The zero-order valence-electron chi connectivity index (χ0n) is 34.4. The van der Waals surface area contributed by atoms with Crippen LogP contribution in [0.15, 0.2) is 48.6 Å². The van der Waals surface area contributed by atoms with Gasteiger partial charge in [0, 0.05) is 12.8 Å². The Labute approximate surface area is 323 Å². The fourth-order valence-electron chi connectivity index (χ4n) is 5.35. The molecule has 0 fully saturated rings. The molecule has 0 bridgehead atoms. The first-order valence-electron chi connectivity index (χ1n) is 20.8. The number of hydrogen-bond acceptors (Lipinski definition) is 8. The number of ether oxygens (including phenoxy) is 4. The second kappa shape index (κ2) is 36.2. The van der Waals surface area contributed by atoms with Gasteiger partial charge in [-0.3, -0.25) is 9.59 Å². The zero-order valence-corrected chi connectivity index (χ0v) is 34.4. The van der Waals surface area contributed by atoms with Crippen LogP contribution in [-0.4, -0.2) is 82.3 Å². The molecule has 0 heterocycles. The predicted molar refractivity (Wildman–Crippen MR) is 214 cm³/mol. The van der Waals surface area contributed by atoms with Gasteiger partial charge in [0.05, 0.1) is 40.3 Å². The highest BCUT2D eigenvalue weighted by atomic mass is 16.7. The molecule has 0 rings (SSSR count). The van der Waals surface area contributed by atoms with E-state index in [0.717, 1.165) is 70.6 Å². The molecule has 0 aromatic rings. The molecule has 0 saturated heterocycles. The molecule has 0 aromatic heterocycles. The number of rotatable bonds is 37. The van der Waals surface area contributed by atoms with Gasteiger partial charge in [0.1, 0.15) is 13.2 Å². The standard InChI is InChI=1S/C44H77NO8/c1-6-8-10-12-14-15-16-17-18-19-20-21-22-23-24-25-26-27-29-31-33-35-42(47)53-40(38-51-41(46)34-32-30-28-13-11-9-7-2)39-52-44(43(48)49)50-37-36-45(3,4)5/h8,10,14-15,17-18,20-21,40,44H,6-7,9,11-13,16,19,22-39H2,1-5H3/b10-8-,15-14-,18-17-,21-20-. The first kappa shape index (κ1) is 50.2. The number of carboxylic acids is 1. The number of likely N-dealkylation sites (N-methyl/N-ethyl adjacent to an activating group) is 1. The maximum Gasteiger partial charge on any atom is 0.306 e. The monoisotopic (exact) mass is 748 g/mol. The summed E-state index contributed by atoms with van der Waals surface area (Å²) >= 11 is 0. The summed E-state index contributed by atoms with van der Waals surface area (Å²) in [5.41, 5.74) is 0. The quantitative estimate of drug-likeness (QED) is 0.0204. The molecule has 53 heavy (non-hydrogen) atoms. The van der Waals surface area contributed by atoms with Crippen LogP contribution in [0.3, 0.4) is 0 Å². The summed E-state index contributed by atoms with van der Waals surface area (Å²) < 4.78 is 22.4. The van der Waals surface area contributed by atoms with E-state index in [9.17, 15) is 19.5 Å². The zero-order chi connectivity index (χ0) is 39.3. The highest BCUT2D eigenvalue weighted by Gasteiger charge is 2.21. The van der Waals surface area contributed by atoms with Crippen LogP contribution < -0.4 is 5.11 Å². The number of unbranched alkanes of at least 4 members (excludes halogenated alkanes) is 14. The molecule has 0 amide bonds. The summed E-state index contributed by atoms with van der Waals surface area (Å²) in [6.07, 6.45) is 37.3. The fourth-order valence-corrected chi connectivity index (χ4v) is 5.35. The summed E-state index contributed by atoms with van der Waals surface area (Å²) in [4.78, 5) is 36.7. The maximum absolute atomic E-state index is 12.7. The minimum atomic E-state index is -1.62. The van der Waals surface area contributed by atoms with Crippen LogP contribution in [0.25, 0.3) is 0 Å². The van der Waals surface area contributed by atoms with E-state index >= 15 is 0 Å². The van der Waals surface area contributed by atoms with Crippen molar-refractivity contribution < 1.29 is 42.9 Å². The van der Waals surface area contributed by atoms with Crippen LogP contribution in [0.5, 0.6) is 0 Å². The van der Waals surface area contributed by atoms with Gasteiger partial charge >= 0.3 is 11.9 Å². The lowest BCUT2D eigenvalue weighted by Gasteiger charge is -2.26. The number of quaternary nitrogens is 1. The minimum Gasteiger partial charge on any atom is -0.545 e. The molecular weight excluding hydrogens is 670 g/mol. The van der Waals surface area contributed by atoms with Gasteiger partial charge < -0.3 is 33.3 Å². The number of esters is 2. The Hall–Kier alpha value is -2.75. The molecule has 0 saturated carbocycles. The van der Waals surface area contributed by atoms with Crippen molar-refractivity contribution in [3.8, 4) is 0 Å². The summed E-state index contributed by atoms with van der Waals surface area (Å²) in [5, 5.41) is 11.6. The van der Waals surface area contributed by atoms with Crippen LogP contribution in [0.2, 0.25) is 0 Å². The molecule has 9 nitrogen and oxygen atoms in total. The van der Waals surface area contributed by atoms with E-state index in [1.807, 2.05) is 21.1 Å². The number of nitrogens with zero attached hydrogens (tertiary/aromatic N) is 1. The van der Waals surface area contributed by atoms with Gasteiger partial charge in [0.25, 0.3) is 0 Å². The second-order valence-electron chi connectivity index (χ2n) is 14.9. The lowest BCUT2D eigenvalue weighted by molar-refractivity contribution is -0.870. The molecule has 0 spiro atoms. The van der Waals surface area contributed by atoms with Gasteiger partial charge in [-0.05, 0) is 51.4 Å². The van der Waals surface area contributed by atoms with Crippen molar-refractivity contribution in [3.05, 3.63) is 48.6 Å². The summed E-state index contributed by atoms with van der Waals surface area (Å²) in [7, 11) is 5.89. The van der Waals surface area contributed by atoms with Crippen LogP contribution in [0.1, 0.15) is 155 Å². The van der Waals surface area contributed by atoms with Crippen LogP contribution >= 0.6 is 0 Å². The first-order valence-corrected chi connectivity index (χ1v) is 20.8. The largest absolute Gasteiger partial charge is 0.545 e. The van der Waals surface area contributed by atoms with Crippen molar-refractivity contribution in [1.29, 1.82) is 0 Å². The molecule has 0 radical (unpaired) electrons. The molecule has 0 aliphatic carbocycles. The molecule has 306 valence electrons. The van der Waals surface area contributed by atoms with Crippen LogP contribution in [0.4, 0.5) is 0 Å². The first-order chi connectivity index (χ1) is 25.6. The Morgan fingerprint density at radius 1 is 0.585 bits per heavy atom. The number of allylic oxidation sites excluding steroid dienone is 8. The van der Waals surface area contributed by atoms with E-state index in [0.29, 0.717) is 17.4 Å². The summed E-state index contributed by atoms with van der Waals surface area (Å²) in [6.45, 7) is 4.55. The van der Waals surface area contributed by atoms with Crippen molar-refractivity contribution in [1.82, 2.24) is 0 Å². The highest BCUT2D eigenvalue weighted by Crippen LogP contribution is 2.13. The SMILES string of the molecule is CC/C=C\C/C=C\C/C=C\C/C=C\CCCCCCCCCCC(=O)OC(COC(=O)CCCCCCCCC)COC(OCC[N+](C)(C)C)C(=O)[O-]. The van der Waals surface area contributed by atoms with Gasteiger partial charge in [-0.25, -0.2) is 0 Å². The fraction of sp³-hybridized carbons (Fsp3) is 0.750. The smallest absolute Gasteiger partial charge is 0.306 e. The van der Waals surface area contributed by atoms with E-state index in [2.05, 4.69) is 62.5 Å². The van der Waals surface area contributed by atoms with Crippen molar-refractivity contribution in [2.75, 3.05) is 47.5 Å². The van der Waals surface area contributed by atoms with Crippen LogP contribution in [0, 0.1) is 0 Å². The lowest BCUT2D eigenvalue weighted by atomic mass is 10.1. The molecule has 0 aromatic carbocycles. The average molecular weight is 748 g/mol. The van der Waals surface area contributed by atoms with Crippen molar-refractivity contribution >= 4 is 17.9 Å². The molecule has 9 heteroatoms. The predicted octanol–water partition coefficient (Wildman–Crippen LogP) is 9.10. The van der Waals surface area contributed by atoms with Crippen LogP contribution in [-0.2, 0) is 33.3 Å². The van der Waals surface area contributed by atoms with Gasteiger partial charge in [0.2, 0.25) is 0 Å². The number of carbonyl (C=O) groups excluding carboxylic acids is 3. The molecule has 0 aliphatic heterocycles. The van der Waals surface area contributed by atoms with Crippen molar-refractivity contribution in [3.63, 3.8) is 0 Å². The second-order valence-corrected chi connectivity index (χ2v) is 14.9. The third kappa shape index (κ3) is 37.4. The number of carboxylic acid groups (broad SMARTS) is 1. The van der Waals surface area contributed by atoms with E-state index < -0.39 is 24.3 Å². The Kier molecular flexibility index (Phi) is 34.4. The van der Waals surface area contributed by atoms with E-state index in [-0.39, 0.29) is 38.6 Å². The van der Waals surface area contributed by atoms with Gasteiger partial charge in [-0.15, -0.1) is 0 Å². The Morgan fingerprint density at radius 2 is 1.08 bits per heavy atom. The van der Waals surface area contributed by atoms with E-state index in [1.165, 1.54) is 51.4 Å². The third-order valence-corrected chi connectivity index (χ3v) is 8.59. The number of carbonyl (C=O) groups is 3. The van der Waals surface area contributed by atoms with Gasteiger partial charge in [0.15, 0.2) is 12.4 Å². The van der Waals surface area contributed by atoms with Gasteiger partial charge in [-0.1, -0.05) is 140 Å². The molecule has 2 atom stereocenters. The number of hydrogen-bond donors (Lipinski definition) is 0. The van der Waals surface area contributed by atoms with E-state index in [4.69, 9.17) is 18.9 Å². The summed E-state index contributed by atoms with van der Waals surface area (Å²) in [6, 6.07) is 0. The molecule has 2 unspecified atom stereocenters. The van der Waals surface area contributed by atoms with Crippen molar-refractivity contribution in [2.45, 2.75) is 167 Å². The Bertz CT molecular complexity index is 1010. The topological polar surface area (TPSA) is 111 Å². The Morgan fingerprint density at radius 3 is 1.60 bits per heavy atom. The third-order valence-electron chi connectivity index (χ3n) is 8.59. The lowest BCUT2D eigenvalue weighted by Crippen LogP contribution is -2.44. The number of aliphatic carboxylic acids is 1. The Balaban J connectivity index is 4.36. The van der Waals surface area contributed by atoms with Gasteiger partial charge in [-0.2, -0.15) is 0 Å².